The van der Waals surface area contributed by atoms with Crippen LogP contribution in [-0.4, -0.2) is 4.98 Å². The van der Waals surface area contributed by atoms with Crippen molar-refractivity contribution < 1.29 is 17.9 Å². The lowest BCUT2D eigenvalue weighted by atomic mass is 9.79. The fourth-order valence-corrected chi connectivity index (χ4v) is 4.84. The van der Waals surface area contributed by atoms with E-state index in [4.69, 9.17) is 4.74 Å². The Morgan fingerprint density at radius 3 is 2.26 bits per heavy atom. The number of pyridine rings is 1. The Labute approximate surface area is 201 Å². The Kier molecular flexibility index (Phi) is 9.12. The number of alkyl halides is 3. The van der Waals surface area contributed by atoms with Gasteiger partial charge < -0.3 is 4.74 Å². The van der Waals surface area contributed by atoms with Gasteiger partial charge in [-0.05, 0) is 59.6 Å². The number of benzene rings is 2. The van der Waals surface area contributed by atoms with Gasteiger partial charge in [0.15, 0.2) is 0 Å². The average molecular weight is 472 g/mol. The Morgan fingerprint density at radius 2 is 1.62 bits per heavy atom. The predicted molar refractivity (Wildman–Crippen MR) is 132 cm³/mol. The van der Waals surface area contributed by atoms with Crippen LogP contribution >= 0.6 is 0 Å². The number of hydrogen-bond donors (Lipinski definition) is 0. The van der Waals surface area contributed by atoms with E-state index in [9.17, 15) is 13.2 Å². The van der Waals surface area contributed by atoms with E-state index in [2.05, 4.69) is 38.7 Å². The van der Waals surface area contributed by atoms with Crippen molar-refractivity contribution in [2.24, 2.45) is 17.8 Å². The summed E-state index contributed by atoms with van der Waals surface area (Å²) in [5, 5.41) is 1.06. The van der Waals surface area contributed by atoms with Crippen molar-refractivity contribution in [1.29, 1.82) is 0 Å². The highest BCUT2D eigenvalue weighted by Gasteiger charge is 2.30. The van der Waals surface area contributed by atoms with Crippen LogP contribution in [0.1, 0.15) is 76.2 Å². The maximum absolute atomic E-state index is 13.0. The summed E-state index contributed by atoms with van der Waals surface area (Å²) < 4.78 is 45.3. The monoisotopic (exact) mass is 471 g/mol. The molecule has 2 nitrogen and oxygen atoms in total. The van der Waals surface area contributed by atoms with Crippen LogP contribution < -0.4 is 0 Å². The molecule has 0 radical (unpaired) electrons. The Balaban J connectivity index is 1.88. The second-order valence-corrected chi connectivity index (χ2v) is 9.49. The molecule has 0 amide bonds. The van der Waals surface area contributed by atoms with Crippen molar-refractivity contribution >= 4 is 10.9 Å². The molecule has 0 spiro atoms. The van der Waals surface area contributed by atoms with Gasteiger partial charge in [-0.15, -0.1) is 0 Å². The molecule has 4 atom stereocenters. The van der Waals surface area contributed by atoms with E-state index in [1.807, 2.05) is 30.5 Å². The summed E-state index contributed by atoms with van der Waals surface area (Å²) in [4.78, 5) is 4.50. The molecule has 1 heterocycles. The number of rotatable bonds is 11. The molecule has 0 bridgehead atoms. The number of hydrogen-bond acceptors (Lipinski definition) is 2. The summed E-state index contributed by atoms with van der Waals surface area (Å²) in [5.74, 6) is 1.48. The molecule has 5 heteroatoms. The molecule has 0 aliphatic carbocycles. The highest BCUT2D eigenvalue weighted by Crippen LogP contribution is 2.38. The summed E-state index contributed by atoms with van der Waals surface area (Å²) in [5.41, 5.74) is 2.10. The Morgan fingerprint density at radius 1 is 0.912 bits per heavy atom. The molecule has 34 heavy (non-hydrogen) atoms. The van der Waals surface area contributed by atoms with Gasteiger partial charge in [0.25, 0.3) is 0 Å². The third-order valence-corrected chi connectivity index (χ3v) is 7.00. The summed E-state index contributed by atoms with van der Waals surface area (Å²) in [6.07, 6.45) is 1.81. The zero-order chi connectivity index (χ0) is 24.7. The Hall–Kier alpha value is -2.40. The zero-order valence-electron chi connectivity index (χ0n) is 20.6. The third-order valence-electron chi connectivity index (χ3n) is 7.00. The first-order chi connectivity index (χ1) is 16.2. The van der Waals surface area contributed by atoms with Gasteiger partial charge in [0, 0.05) is 11.6 Å². The highest BCUT2D eigenvalue weighted by molar-refractivity contribution is 5.82. The van der Waals surface area contributed by atoms with Crippen molar-refractivity contribution in [3.63, 3.8) is 0 Å². The molecule has 0 aliphatic heterocycles. The van der Waals surface area contributed by atoms with Gasteiger partial charge in [0.2, 0.25) is 0 Å². The minimum absolute atomic E-state index is 0.182. The molecule has 0 aliphatic rings. The van der Waals surface area contributed by atoms with Gasteiger partial charge in [-0.1, -0.05) is 77.3 Å². The van der Waals surface area contributed by atoms with E-state index in [-0.39, 0.29) is 18.6 Å². The number of aromatic nitrogens is 1. The molecule has 3 aromatic rings. The number of para-hydroxylation sites is 1. The fourth-order valence-electron chi connectivity index (χ4n) is 4.84. The minimum atomic E-state index is -4.34. The van der Waals surface area contributed by atoms with Crippen LogP contribution in [-0.2, 0) is 17.5 Å². The summed E-state index contributed by atoms with van der Waals surface area (Å²) in [6.45, 7) is 9.29. The first-order valence-electron chi connectivity index (χ1n) is 12.4. The zero-order valence-corrected chi connectivity index (χ0v) is 20.6. The van der Waals surface area contributed by atoms with Crippen LogP contribution in [0.25, 0.3) is 10.9 Å². The molecule has 184 valence electrons. The number of fused-ring (bicyclic) bond motifs is 1. The van der Waals surface area contributed by atoms with Crippen LogP contribution in [0, 0.1) is 17.8 Å². The number of ether oxygens (including phenoxy) is 1. The van der Waals surface area contributed by atoms with Crippen molar-refractivity contribution in [2.75, 3.05) is 0 Å². The molecule has 3 rings (SSSR count). The maximum Gasteiger partial charge on any atom is 0.416 e. The van der Waals surface area contributed by atoms with Crippen LogP contribution in [0.3, 0.4) is 0 Å². The highest BCUT2D eigenvalue weighted by atomic mass is 19.4. The molecular formula is C29H36F3NO. The van der Waals surface area contributed by atoms with Gasteiger partial charge >= 0.3 is 6.18 Å². The SMILES string of the molecule is CCCC(C[C@@H](C)[C@@H](OCc1ccc(C(F)(F)F)cc1)c1ccnc2ccccc12)C(C)CC. The normalized spacial score (nSPS) is 15.7. The van der Waals surface area contributed by atoms with Crippen LogP contribution in [0.2, 0.25) is 0 Å². The molecule has 2 unspecified atom stereocenters. The standard InChI is InChI=1S/C29H36F3NO/c1-5-9-23(20(3)6-2)18-21(4)28(26-16-17-33-27-11-8-7-10-25(26)27)34-19-22-12-14-24(15-13-22)29(30,31)32/h7-8,10-17,20-21,23,28H,5-6,9,18-19H2,1-4H3/t20?,21-,23?,28-/m1/s1. The van der Waals surface area contributed by atoms with Gasteiger partial charge in [0.05, 0.1) is 23.8 Å². The van der Waals surface area contributed by atoms with Crippen molar-refractivity contribution in [2.45, 2.75) is 72.3 Å². The fraction of sp³-hybridized carbons (Fsp3) is 0.483. The molecule has 0 N–H and O–H groups in total. The van der Waals surface area contributed by atoms with Gasteiger partial charge in [-0.2, -0.15) is 13.2 Å². The second kappa shape index (κ2) is 11.8. The van der Waals surface area contributed by atoms with Crippen LogP contribution in [0.4, 0.5) is 13.2 Å². The second-order valence-electron chi connectivity index (χ2n) is 9.49. The largest absolute Gasteiger partial charge is 0.416 e. The van der Waals surface area contributed by atoms with Crippen LogP contribution in [0.5, 0.6) is 0 Å². The minimum Gasteiger partial charge on any atom is -0.369 e. The van der Waals surface area contributed by atoms with E-state index in [0.29, 0.717) is 11.8 Å². The van der Waals surface area contributed by atoms with Crippen molar-refractivity contribution in [3.8, 4) is 0 Å². The summed E-state index contributed by atoms with van der Waals surface area (Å²) >= 11 is 0. The molecular weight excluding hydrogens is 435 g/mol. The lowest BCUT2D eigenvalue weighted by Crippen LogP contribution is -2.21. The van der Waals surface area contributed by atoms with E-state index >= 15 is 0 Å². The molecule has 1 aromatic heterocycles. The van der Waals surface area contributed by atoms with E-state index in [1.165, 1.54) is 18.6 Å². The van der Waals surface area contributed by atoms with Crippen molar-refractivity contribution in [3.05, 3.63) is 77.5 Å². The summed E-state index contributed by atoms with van der Waals surface area (Å²) in [6, 6.07) is 15.3. The van der Waals surface area contributed by atoms with Gasteiger partial charge in [-0.25, -0.2) is 0 Å². The van der Waals surface area contributed by atoms with E-state index in [1.54, 1.807) is 0 Å². The number of nitrogens with zero attached hydrogens (tertiary/aromatic N) is 1. The third kappa shape index (κ3) is 6.59. The first-order valence-corrected chi connectivity index (χ1v) is 12.4. The summed E-state index contributed by atoms with van der Waals surface area (Å²) in [7, 11) is 0. The topological polar surface area (TPSA) is 22.1 Å². The quantitative estimate of drug-likeness (QED) is 0.278. The molecule has 0 saturated carbocycles. The maximum atomic E-state index is 13.0. The van der Waals surface area contributed by atoms with Crippen molar-refractivity contribution in [1.82, 2.24) is 4.98 Å². The molecule has 0 saturated heterocycles. The first kappa shape index (κ1) is 26.2. The lowest BCUT2D eigenvalue weighted by Gasteiger charge is -2.31. The smallest absolute Gasteiger partial charge is 0.369 e. The van der Waals surface area contributed by atoms with Gasteiger partial charge in [-0.3, -0.25) is 4.98 Å². The van der Waals surface area contributed by atoms with E-state index in [0.717, 1.165) is 53.4 Å². The van der Waals surface area contributed by atoms with E-state index < -0.39 is 11.7 Å². The van der Waals surface area contributed by atoms with Crippen LogP contribution in [0.15, 0.2) is 60.8 Å². The Bertz CT molecular complexity index is 1030. The predicted octanol–water partition coefficient (Wildman–Crippen LogP) is 9.00. The average Bonchev–Trinajstić information content (AvgIpc) is 2.83. The van der Waals surface area contributed by atoms with Gasteiger partial charge in [0.1, 0.15) is 0 Å². The molecule has 0 fully saturated rings. The lowest BCUT2D eigenvalue weighted by molar-refractivity contribution is -0.137. The number of halogens is 3. The molecule has 2 aromatic carbocycles.